The van der Waals surface area contributed by atoms with Gasteiger partial charge in [-0.25, -0.2) is 4.79 Å². The maximum atomic E-state index is 12.2. The van der Waals surface area contributed by atoms with E-state index in [1.54, 1.807) is 0 Å². The molecule has 1 N–H and O–H groups in total. The molecule has 0 spiro atoms. The van der Waals surface area contributed by atoms with Crippen molar-refractivity contribution in [3.8, 4) is 11.5 Å². The van der Waals surface area contributed by atoms with Crippen LogP contribution in [0, 0.1) is 6.92 Å². The van der Waals surface area contributed by atoms with E-state index in [0.717, 1.165) is 16.7 Å². The smallest absolute Gasteiger partial charge is 0.328 e. The van der Waals surface area contributed by atoms with Crippen LogP contribution in [0.3, 0.4) is 0 Å². The van der Waals surface area contributed by atoms with Gasteiger partial charge in [0.2, 0.25) is 11.8 Å². The second-order valence-corrected chi connectivity index (χ2v) is 7.36. The van der Waals surface area contributed by atoms with Gasteiger partial charge < -0.3 is 19.2 Å². The van der Waals surface area contributed by atoms with Crippen molar-refractivity contribution in [2.75, 3.05) is 13.7 Å². The Labute approximate surface area is 191 Å². The van der Waals surface area contributed by atoms with E-state index in [-0.39, 0.29) is 19.3 Å². The lowest BCUT2D eigenvalue weighted by atomic mass is 10.1. The van der Waals surface area contributed by atoms with Gasteiger partial charge in [-0.15, -0.1) is 10.2 Å². The Morgan fingerprint density at radius 3 is 2.45 bits per heavy atom. The summed E-state index contributed by atoms with van der Waals surface area (Å²) in [5.41, 5.74) is 2.76. The van der Waals surface area contributed by atoms with Gasteiger partial charge in [0.15, 0.2) is 6.61 Å². The molecule has 172 valence electrons. The molecule has 0 saturated carbocycles. The molecule has 2 aromatic carbocycles. The maximum Gasteiger partial charge on any atom is 0.328 e. The summed E-state index contributed by atoms with van der Waals surface area (Å²) in [5, 5.41) is 10.5. The fraction of sp³-hybridized carbons (Fsp3) is 0.292. The summed E-state index contributed by atoms with van der Waals surface area (Å²) >= 11 is 0. The lowest BCUT2D eigenvalue weighted by molar-refractivity contribution is -0.150. The third kappa shape index (κ3) is 7.27. The fourth-order valence-corrected chi connectivity index (χ4v) is 3.02. The van der Waals surface area contributed by atoms with Crippen molar-refractivity contribution in [3.05, 3.63) is 71.6 Å². The van der Waals surface area contributed by atoms with Gasteiger partial charge in [-0.1, -0.05) is 48.0 Å². The number of ether oxygens (including phenoxy) is 2. The minimum atomic E-state index is -0.887. The van der Waals surface area contributed by atoms with Gasteiger partial charge >= 0.3 is 11.9 Å². The first-order valence-corrected chi connectivity index (χ1v) is 10.4. The number of methoxy groups -OCH3 is 1. The highest BCUT2D eigenvalue weighted by Gasteiger charge is 2.22. The quantitative estimate of drug-likeness (QED) is 0.467. The Hall–Kier alpha value is -4.01. The molecule has 0 aliphatic carbocycles. The summed E-state index contributed by atoms with van der Waals surface area (Å²) < 4.78 is 15.3. The molecule has 0 radical (unpaired) electrons. The molecule has 33 heavy (non-hydrogen) atoms. The van der Waals surface area contributed by atoms with Gasteiger partial charge in [0.1, 0.15) is 6.04 Å². The summed E-state index contributed by atoms with van der Waals surface area (Å²) in [7, 11) is 1.24. The Morgan fingerprint density at radius 2 is 1.76 bits per heavy atom. The van der Waals surface area contributed by atoms with E-state index in [0.29, 0.717) is 11.8 Å². The number of hydrogen-bond donors (Lipinski definition) is 1. The normalized spacial score (nSPS) is 11.5. The van der Waals surface area contributed by atoms with Crippen LogP contribution in [0.4, 0.5) is 0 Å². The molecule has 1 heterocycles. The third-order valence-corrected chi connectivity index (χ3v) is 4.78. The molecule has 1 amide bonds. The van der Waals surface area contributed by atoms with Crippen LogP contribution in [-0.2, 0) is 36.7 Å². The largest absolute Gasteiger partial charge is 0.467 e. The summed E-state index contributed by atoms with van der Waals surface area (Å²) in [4.78, 5) is 36.2. The van der Waals surface area contributed by atoms with E-state index in [9.17, 15) is 14.4 Å². The SMILES string of the molecule is COC(=O)C(Cc1ccccc1)NC(=O)COC(=O)CCc1nnc(-c2ccc(C)cc2)o1. The minimum Gasteiger partial charge on any atom is -0.467 e. The van der Waals surface area contributed by atoms with E-state index in [4.69, 9.17) is 13.9 Å². The van der Waals surface area contributed by atoms with Gasteiger partial charge in [0.25, 0.3) is 5.91 Å². The second-order valence-electron chi connectivity index (χ2n) is 7.36. The second kappa shape index (κ2) is 11.6. The molecular weight excluding hydrogens is 426 g/mol. The van der Waals surface area contributed by atoms with E-state index >= 15 is 0 Å². The zero-order valence-corrected chi connectivity index (χ0v) is 18.4. The molecular formula is C24H25N3O6. The van der Waals surface area contributed by atoms with Gasteiger partial charge in [0, 0.05) is 18.4 Å². The van der Waals surface area contributed by atoms with Crippen LogP contribution in [0.5, 0.6) is 0 Å². The van der Waals surface area contributed by atoms with Crippen LogP contribution in [0.2, 0.25) is 0 Å². The Bertz CT molecular complexity index is 1080. The number of carbonyl (C=O) groups excluding carboxylic acids is 3. The molecule has 1 aromatic heterocycles. The van der Waals surface area contributed by atoms with E-state index < -0.39 is 30.5 Å². The Kier molecular flexibility index (Phi) is 8.29. The van der Waals surface area contributed by atoms with Crippen molar-refractivity contribution in [2.24, 2.45) is 0 Å². The summed E-state index contributed by atoms with van der Waals surface area (Å²) in [6.07, 6.45) is 0.402. The molecule has 0 fully saturated rings. The molecule has 3 aromatic rings. The van der Waals surface area contributed by atoms with E-state index in [2.05, 4.69) is 15.5 Å². The molecule has 9 nitrogen and oxygen atoms in total. The van der Waals surface area contributed by atoms with Crippen molar-refractivity contribution in [1.29, 1.82) is 0 Å². The Balaban J connectivity index is 1.44. The average molecular weight is 451 g/mol. The summed E-state index contributed by atoms with van der Waals surface area (Å²) in [6, 6.07) is 15.9. The lowest BCUT2D eigenvalue weighted by Crippen LogP contribution is -2.44. The first kappa shape index (κ1) is 23.6. The number of carbonyl (C=O) groups is 3. The molecule has 0 saturated heterocycles. The number of nitrogens with one attached hydrogen (secondary N) is 1. The molecule has 0 aliphatic heterocycles. The van der Waals surface area contributed by atoms with Crippen LogP contribution in [-0.4, -0.2) is 47.8 Å². The standard InChI is InChI=1S/C24H25N3O6/c1-16-8-10-18(11-9-16)23-27-26-21(33-23)12-13-22(29)32-15-20(28)25-19(24(30)31-2)14-17-6-4-3-5-7-17/h3-11,19H,12-15H2,1-2H3,(H,25,28). The topological polar surface area (TPSA) is 121 Å². The molecule has 9 heteroatoms. The molecule has 3 rings (SSSR count). The van der Waals surface area contributed by atoms with Crippen molar-refractivity contribution in [3.63, 3.8) is 0 Å². The van der Waals surface area contributed by atoms with Gasteiger partial charge in [-0.2, -0.15) is 0 Å². The highest BCUT2D eigenvalue weighted by Crippen LogP contribution is 2.18. The zero-order chi connectivity index (χ0) is 23.6. The Morgan fingerprint density at radius 1 is 1.03 bits per heavy atom. The molecule has 1 atom stereocenters. The van der Waals surface area contributed by atoms with Crippen LogP contribution in [0.15, 0.2) is 59.0 Å². The van der Waals surface area contributed by atoms with Crippen LogP contribution in [0.25, 0.3) is 11.5 Å². The first-order chi connectivity index (χ1) is 15.9. The number of hydrogen-bond acceptors (Lipinski definition) is 8. The highest BCUT2D eigenvalue weighted by molar-refractivity contribution is 5.86. The first-order valence-electron chi connectivity index (χ1n) is 10.4. The maximum absolute atomic E-state index is 12.2. The number of aromatic nitrogens is 2. The highest BCUT2D eigenvalue weighted by atomic mass is 16.5. The van der Waals surface area contributed by atoms with Crippen molar-refractivity contribution < 1.29 is 28.3 Å². The summed E-state index contributed by atoms with van der Waals surface area (Å²) in [6.45, 7) is 1.47. The van der Waals surface area contributed by atoms with Crippen molar-refractivity contribution >= 4 is 17.8 Å². The fourth-order valence-electron chi connectivity index (χ4n) is 3.02. The molecule has 0 aliphatic rings. The van der Waals surface area contributed by atoms with Crippen molar-refractivity contribution in [2.45, 2.75) is 32.2 Å². The van der Waals surface area contributed by atoms with Crippen molar-refractivity contribution in [1.82, 2.24) is 15.5 Å². The van der Waals surface area contributed by atoms with Crippen LogP contribution in [0.1, 0.15) is 23.4 Å². The number of nitrogens with zero attached hydrogens (tertiary/aromatic N) is 2. The number of aryl methyl sites for hydroxylation is 2. The van der Waals surface area contributed by atoms with Gasteiger partial charge in [0.05, 0.1) is 13.5 Å². The predicted octanol–water partition coefficient (Wildman–Crippen LogP) is 2.42. The lowest BCUT2D eigenvalue weighted by Gasteiger charge is -2.16. The number of rotatable bonds is 10. The van der Waals surface area contributed by atoms with E-state index in [1.807, 2.05) is 61.5 Å². The van der Waals surface area contributed by atoms with E-state index in [1.165, 1.54) is 7.11 Å². The van der Waals surface area contributed by atoms with Gasteiger partial charge in [-0.05, 0) is 24.6 Å². The van der Waals surface area contributed by atoms with Crippen LogP contribution < -0.4 is 5.32 Å². The number of esters is 2. The molecule has 1 unspecified atom stereocenters. The summed E-state index contributed by atoms with van der Waals surface area (Å²) in [5.74, 6) is -1.13. The minimum absolute atomic E-state index is 0.0345. The van der Waals surface area contributed by atoms with Crippen LogP contribution >= 0.6 is 0 Å². The number of benzene rings is 2. The zero-order valence-electron chi connectivity index (χ0n) is 18.4. The third-order valence-electron chi connectivity index (χ3n) is 4.78. The van der Waals surface area contributed by atoms with Gasteiger partial charge in [-0.3, -0.25) is 9.59 Å². The molecule has 0 bridgehead atoms. The number of amides is 1. The predicted molar refractivity (Wildman–Crippen MR) is 118 cm³/mol. The monoisotopic (exact) mass is 451 g/mol. The average Bonchev–Trinajstić information content (AvgIpc) is 3.30.